The fourth-order valence-corrected chi connectivity index (χ4v) is 1.14. The molecule has 1 unspecified atom stereocenters. The number of rotatable bonds is 3. The number of halogens is 1. The van der Waals surface area contributed by atoms with Gasteiger partial charge in [0, 0.05) is 33.4 Å². The molecule has 1 aromatic rings. The van der Waals surface area contributed by atoms with E-state index in [0.717, 1.165) is 11.3 Å². The summed E-state index contributed by atoms with van der Waals surface area (Å²) in [6, 6.07) is 7.81. The molecule has 0 N–H and O–H groups in total. The zero-order chi connectivity index (χ0) is 10.4. The molecule has 0 heterocycles. The minimum absolute atomic E-state index is 0.348. The Morgan fingerprint density at radius 3 is 2.86 bits per heavy atom. The van der Waals surface area contributed by atoms with E-state index in [1.807, 2.05) is 60.7 Å². The van der Waals surface area contributed by atoms with Crippen LogP contribution in [0.4, 0.5) is 0 Å². The number of benzene rings is 1. The van der Waals surface area contributed by atoms with Crippen LogP contribution in [0.5, 0.6) is 5.75 Å². The van der Waals surface area contributed by atoms with Gasteiger partial charge in [0.05, 0.1) is 0 Å². The second-order valence-corrected chi connectivity index (χ2v) is 3.36. The fraction of sp³-hybridized carbons (Fsp3) is 0.273. The number of aryl methyl sites for hydroxylation is 1. The minimum atomic E-state index is -0.348. The molecular formula is C11H11IO2. The maximum absolute atomic E-state index is 5.47. The summed E-state index contributed by atoms with van der Waals surface area (Å²) in [7, 11) is 0. The summed E-state index contributed by atoms with van der Waals surface area (Å²) in [6.45, 7) is 3.83. The average Bonchev–Trinajstić information content (AvgIpc) is 2.15. The number of hydrogen-bond donors (Lipinski definition) is 0. The van der Waals surface area contributed by atoms with Gasteiger partial charge < -0.3 is 9.47 Å². The lowest BCUT2D eigenvalue weighted by Crippen LogP contribution is -2.13. The van der Waals surface area contributed by atoms with Crippen molar-refractivity contribution in [2.45, 2.75) is 20.1 Å². The van der Waals surface area contributed by atoms with Crippen LogP contribution in [-0.2, 0) is 4.74 Å². The standard InChI is InChI=1S/C11H11IO2/c1-9-4-3-5-11(8-9)14-10(2)13-7-6-12/h3-5,8,10H,1-2H3. The summed E-state index contributed by atoms with van der Waals surface area (Å²) in [5, 5.41) is 0. The van der Waals surface area contributed by atoms with Crippen LogP contribution in [0.3, 0.4) is 0 Å². The van der Waals surface area contributed by atoms with Gasteiger partial charge >= 0.3 is 0 Å². The van der Waals surface area contributed by atoms with Crippen LogP contribution in [0, 0.1) is 17.0 Å². The predicted molar refractivity (Wildman–Crippen MR) is 64.2 cm³/mol. The van der Waals surface area contributed by atoms with Crippen molar-refractivity contribution < 1.29 is 9.47 Å². The van der Waals surface area contributed by atoms with Crippen molar-refractivity contribution in [2.75, 3.05) is 0 Å². The lowest BCUT2D eigenvalue weighted by atomic mass is 10.2. The highest BCUT2D eigenvalue weighted by molar-refractivity contribution is 14.1. The van der Waals surface area contributed by atoms with Gasteiger partial charge in [0.1, 0.15) is 11.9 Å². The van der Waals surface area contributed by atoms with E-state index in [0.29, 0.717) is 0 Å². The third kappa shape index (κ3) is 3.88. The molecule has 0 aliphatic carbocycles. The van der Waals surface area contributed by atoms with Gasteiger partial charge in [-0.2, -0.15) is 0 Å². The average molecular weight is 302 g/mol. The first kappa shape index (κ1) is 11.2. The molecule has 2 nitrogen and oxygen atoms in total. The zero-order valence-electron chi connectivity index (χ0n) is 8.08. The Kier molecular flexibility index (Phi) is 4.60. The van der Waals surface area contributed by atoms with Gasteiger partial charge in [0.15, 0.2) is 0 Å². The van der Waals surface area contributed by atoms with Crippen LogP contribution in [0.1, 0.15) is 12.5 Å². The van der Waals surface area contributed by atoms with E-state index in [1.165, 1.54) is 0 Å². The number of hydrogen-bond acceptors (Lipinski definition) is 2. The van der Waals surface area contributed by atoms with Crippen molar-refractivity contribution in [1.82, 2.24) is 0 Å². The summed E-state index contributed by atoms with van der Waals surface area (Å²) >= 11 is 1.92. The molecular weight excluding hydrogens is 291 g/mol. The Morgan fingerprint density at radius 1 is 1.43 bits per heavy atom. The molecule has 0 fully saturated rings. The maximum atomic E-state index is 5.47. The van der Waals surface area contributed by atoms with E-state index in [2.05, 4.69) is 10.0 Å². The quantitative estimate of drug-likeness (QED) is 0.485. The van der Waals surface area contributed by atoms with Gasteiger partial charge in [-0.25, -0.2) is 0 Å². The Labute approximate surface area is 97.7 Å². The van der Waals surface area contributed by atoms with Crippen LogP contribution < -0.4 is 4.74 Å². The molecule has 3 heteroatoms. The normalized spacial score (nSPS) is 11.1. The SMILES string of the molecule is Cc1cccc(OC(C)OC#CI)c1. The second kappa shape index (κ2) is 5.76. The Morgan fingerprint density at radius 2 is 2.21 bits per heavy atom. The summed E-state index contributed by atoms with van der Waals surface area (Å²) in [5.41, 5.74) is 1.16. The highest BCUT2D eigenvalue weighted by Gasteiger charge is 2.02. The molecule has 0 spiro atoms. The van der Waals surface area contributed by atoms with Crippen molar-refractivity contribution >= 4 is 22.6 Å². The molecule has 0 aliphatic rings. The van der Waals surface area contributed by atoms with E-state index in [1.54, 1.807) is 0 Å². The van der Waals surface area contributed by atoms with Crippen LogP contribution in [-0.4, -0.2) is 6.29 Å². The summed E-state index contributed by atoms with van der Waals surface area (Å²) < 4.78 is 13.1. The van der Waals surface area contributed by atoms with Crippen molar-refractivity contribution in [2.24, 2.45) is 0 Å². The highest BCUT2D eigenvalue weighted by Crippen LogP contribution is 2.14. The van der Waals surface area contributed by atoms with Gasteiger partial charge in [0.2, 0.25) is 6.29 Å². The largest absolute Gasteiger partial charge is 0.454 e. The van der Waals surface area contributed by atoms with Crippen LogP contribution >= 0.6 is 22.6 Å². The van der Waals surface area contributed by atoms with Crippen LogP contribution in [0.25, 0.3) is 0 Å². The van der Waals surface area contributed by atoms with Crippen LogP contribution in [0.2, 0.25) is 0 Å². The second-order valence-electron chi connectivity index (χ2n) is 2.82. The molecule has 1 atom stereocenters. The van der Waals surface area contributed by atoms with E-state index in [-0.39, 0.29) is 6.29 Å². The fourth-order valence-electron chi connectivity index (χ4n) is 1.01. The Bertz CT molecular complexity index is 352. The molecule has 74 valence electrons. The van der Waals surface area contributed by atoms with E-state index in [9.17, 15) is 0 Å². The lowest BCUT2D eigenvalue weighted by Gasteiger charge is -2.12. The molecule has 1 rings (SSSR count). The van der Waals surface area contributed by atoms with Gasteiger partial charge in [-0.05, 0) is 24.6 Å². The Hall–Kier alpha value is -0.890. The summed E-state index contributed by atoms with van der Waals surface area (Å²) in [6.07, 6.45) is 2.15. The highest BCUT2D eigenvalue weighted by atomic mass is 127. The minimum Gasteiger partial charge on any atom is -0.454 e. The monoisotopic (exact) mass is 302 g/mol. The molecule has 1 aromatic carbocycles. The van der Waals surface area contributed by atoms with Crippen molar-refractivity contribution in [1.29, 1.82) is 0 Å². The zero-order valence-corrected chi connectivity index (χ0v) is 10.2. The molecule has 0 saturated carbocycles. The van der Waals surface area contributed by atoms with Gasteiger partial charge in [-0.1, -0.05) is 12.1 Å². The molecule has 0 amide bonds. The molecule has 0 aromatic heterocycles. The van der Waals surface area contributed by atoms with Crippen molar-refractivity contribution in [3.05, 3.63) is 29.8 Å². The topological polar surface area (TPSA) is 18.5 Å². The smallest absolute Gasteiger partial charge is 0.248 e. The predicted octanol–water partition coefficient (Wildman–Crippen LogP) is 3.09. The molecule has 0 saturated heterocycles. The Balaban J connectivity index is 2.54. The molecule has 0 bridgehead atoms. The number of ether oxygens (including phenoxy) is 2. The van der Waals surface area contributed by atoms with Gasteiger partial charge in [-0.3, -0.25) is 0 Å². The first-order valence-electron chi connectivity index (χ1n) is 4.22. The summed E-state index contributed by atoms with van der Waals surface area (Å²) in [5.74, 6) is 0.799. The first-order chi connectivity index (χ1) is 6.72. The van der Waals surface area contributed by atoms with E-state index >= 15 is 0 Å². The molecule has 0 radical (unpaired) electrons. The van der Waals surface area contributed by atoms with Gasteiger partial charge in [-0.15, -0.1) is 0 Å². The van der Waals surface area contributed by atoms with Crippen molar-refractivity contribution in [3.8, 4) is 15.8 Å². The lowest BCUT2D eigenvalue weighted by molar-refractivity contribution is -0.00101. The van der Waals surface area contributed by atoms with E-state index < -0.39 is 0 Å². The third-order valence-electron chi connectivity index (χ3n) is 1.56. The van der Waals surface area contributed by atoms with Crippen molar-refractivity contribution in [3.63, 3.8) is 0 Å². The van der Waals surface area contributed by atoms with Gasteiger partial charge in [0.25, 0.3) is 0 Å². The van der Waals surface area contributed by atoms with E-state index in [4.69, 9.17) is 9.47 Å². The first-order valence-corrected chi connectivity index (χ1v) is 5.30. The third-order valence-corrected chi connectivity index (χ3v) is 1.78. The van der Waals surface area contributed by atoms with Crippen LogP contribution in [0.15, 0.2) is 24.3 Å². The summed E-state index contributed by atoms with van der Waals surface area (Å²) in [4.78, 5) is 0. The molecule has 14 heavy (non-hydrogen) atoms. The molecule has 0 aliphatic heterocycles. The maximum Gasteiger partial charge on any atom is 0.248 e.